The SMILES string of the molecule is COCCN(CCCCc1nc(CCl)cs1)CC(C)C. The van der Waals surface area contributed by atoms with Crippen molar-refractivity contribution in [3.8, 4) is 0 Å². The minimum atomic E-state index is 0.523. The zero-order valence-corrected chi connectivity index (χ0v) is 14.5. The fourth-order valence-electron chi connectivity index (χ4n) is 2.17. The van der Waals surface area contributed by atoms with Crippen molar-refractivity contribution in [1.29, 1.82) is 0 Å². The van der Waals surface area contributed by atoms with Crippen LogP contribution in [0.1, 0.15) is 37.4 Å². The van der Waals surface area contributed by atoms with Gasteiger partial charge in [-0.1, -0.05) is 13.8 Å². The summed E-state index contributed by atoms with van der Waals surface area (Å²) in [7, 11) is 1.77. The van der Waals surface area contributed by atoms with Crippen LogP contribution >= 0.6 is 22.9 Å². The summed E-state index contributed by atoms with van der Waals surface area (Å²) in [5, 5.41) is 3.28. The molecule has 0 radical (unpaired) electrons. The van der Waals surface area contributed by atoms with Crippen LogP contribution in [0, 0.1) is 5.92 Å². The van der Waals surface area contributed by atoms with Gasteiger partial charge in [-0.25, -0.2) is 4.98 Å². The number of nitrogens with zero attached hydrogens (tertiary/aromatic N) is 2. The Morgan fingerprint density at radius 3 is 2.75 bits per heavy atom. The van der Waals surface area contributed by atoms with Crippen LogP contribution in [0.2, 0.25) is 0 Å². The predicted octanol–water partition coefficient (Wildman–Crippen LogP) is 3.81. The van der Waals surface area contributed by atoms with Crippen LogP contribution in [-0.2, 0) is 17.0 Å². The molecule has 0 spiro atoms. The van der Waals surface area contributed by atoms with Gasteiger partial charge in [0, 0.05) is 25.6 Å². The third kappa shape index (κ3) is 7.58. The van der Waals surface area contributed by atoms with E-state index < -0.39 is 0 Å². The van der Waals surface area contributed by atoms with Crippen molar-refractivity contribution in [2.45, 2.75) is 39.0 Å². The first-order valence-electron chi connectivity index (χ1n) is 7.36. The first-order valence-corrected chi connectivity index (χ1v) is 8.77. The fourth-order valence-corrected chi connectivity index (χ4v) is 3.24. The molecule has 1 heterocycles. The summed E-state index contributed by atoms with van der Waals surface area (Å²) in [6.07, 6.45) is 3.48. The molecule has 0 atom stereocenters. The Balaban J connectivity index is 2.21. The van der Waals surface area contributed by atoms with Gasteiger partial charge in [0.2, 0.25) is 0 Å². The molecule has 3 nitrogen and oxygen atoms in total. The first kappa shape index (κ1) is 17.9. The number of rotatable bonds is 11. The van der Waals surface area contributed by atoms with Gasteiger partial charge in [-0.05, 0) is 31.7 Å². The van der Waals surface area contributed by atoms with E-state index in [0.717, 1.165) is 38.4 Å². The quantitative estimate of drug-likeness (QED) is 0.458. The van der Waals surface area contributed by atoms with Crippen LogP contribution in [0.5, 0.6) is 0 Å². The van der Waals surface area contributed by atoms with E-state index in [1.807, 2.05) is 0 Å². The molecule has 0 saturated heterocycles. The van der Waals surface area contributed by atoms with Gasteiger partial charge in [-0.15, -0.1) is 22.9 Å². The highest BCUT2D eigenvalue weighted by molar-refractivity contribution is 7.09. The maximum absolute atomic E-state index is 5.77. The molecule has 0 fully saturated rings. The second-order valence-corrected chi connectivity index (χ2v) is 6.72. The summed E-state index contributed by atoms with van der Waals surface area (Å²) < 4.78 is 5.18. The number of thiazole rings is 1. The third-order valence-corrected chi connectivity index (χ3v) is 4.32. The van der Waals surface area contributed by atoms with E-state index in [1.165, 1.54) is 17.8 Å². The van der Waals surface area contributed by atoms with Gasteiger partial charge in [-0.2, -0.15) is 0 Å². The number of hydrogen-bond donors (Lipinski definition) is 0. The average Bonchev–Trinajstić information content (AvgIpc) is 2.88. The normalized spacial score (nSPS) is 11.7. The molecule has 0 aromatic carbocycles. The standard InChI is InChI=1S/C15H27ClN2OS/c1-13(2)11-18(8-9-19-3)7-5-4-6-15-17-14(10-16)12-20-15/h12-13H,4-11H2,1-3H3. The van der Waals surface area contributed by atoms with Crippen LogP contribution in [0.4, 0.5) is 0 Å². The van der Waals surface area contributed by atoms with Gasteiger partial charge in [0.05, 0.1) is 23.2 Å². The minimum absolute atomic E-state index is 0.523. The highest BCUT2D eigenvalue weighted by Gasteiger charge is 2.07. The summed E-state index contributed by atoms with van der Waals surface area (Å²) in [6.45, 7) is 8.68. The molecule has 1 aromatic rings. The minimum Gasteiger partial charge on any atom is -0.383 e. The molecule has 0 amide bonds. The molecule has 116 valence electrons. The molecule has 0 unspecified atom stereocenters. The van der Waals surface area contributed by atoms with Crippen LogP contribution < -0.4 is 0 Å². The maximum atomic E-state index is 5.77. The Kier molecular flexibility index (Phi) is 9.44. The Bertz CT molecular complexity index is 357. The number of methoxy groups -OCH3 is 1. The van der Waals surface area contributed by atoms with E-state index in [0.29, 0.717) is 11.8 Å². The first-order chi connectivity index (χ1) is 9.65. The van der Waals surface area contributed by atoms with Crippen LogP contribution in [-0.4, -0.2) is 43.2 Å². The third-order valence-electron chi connectivity index (χ3n) is 3.09. The number of unbranched alkanes of at least 4 members (excludes halogenated alkanes) is 1. The van der Waals surface area contributed by atoms with Crippen molar-refractivity contribution in [3.05, 3.63) is 16.1 Å². The Morgan fingerprint density at radius 1 is 1.35 bits per heavy atom. The number of halogens is 1. The summed E-state index contributed by atoms with van der Waals surface area (Å²) in [4.78, 5) is 7.00. The van der Waals surface area contributed by atoms with Gasteiger partial charge < -0.3 is 9.64 Å². The van der Waals surface area contributed by atoms with Crippen molar-refractivity contribution >= 4 is 22.9 Å². The zero-order chi connectivity index (χ0) is 14.8. The van der Waals surface area contributed by atoms with E-state index in [9.17, 15) is 0 Å². The highest BCUT2D eigenvalue weighted by atomic mass is 35.5. The number of aromatic nitrogens is 1. The molecule has 1 rings (SSSR count). The Morgan fingerprint density at radius 2 is 2.15 bits per heavy atom. The van der Waals surface area contributed by atoms with Crippen molar-refractivity contribution in [2.24, 2.45) is 5.92 Å². The van der Waals surface area contributed by atoms with Crippen molar-refractivity contribution < 1.29 is 4.74 Å². The topological polar surface area (TPSA) is 25.4 Å². The lowest BCUT2D eigenvalue weighted by Crippen LogP contribution is -2.32. The summed E-state index contributed by atoms with van der Waals surface area (Å²) in [5.41, 5.74) is 1.01. The molecule has 0 saturated carbocycles. The molecular weight excluding hydrogens is 292 g/mol. The van der Waals surface area contributed by atoms with Gasteiger partial charge in [0.25, 0.3) is 0 Å². The summed E-state index contributed by atoms with van der Waals surface area (Å²) >= 11 is 7.49. The molecule has 5 heteroatoms. The number of aryl methyl sites for hydroxylation is 1. The fraction of sp³-hybridized carbons (Fsp3) is 0.800. The van der Waals surface area contributed by atoms with Gasteiger partial charge in [0.15, 0.2) is 0 Å². The molecular formula is C15H27ClN2OS. The van der Waals surface area contributed by atoms with Crippen LogP contribution in [0.15, 0.2) is 5.38 Å². The molecule has 0 aliphatic rings. The maximum Gasteiger partial charge on any atom is 0.0928 e. The Hall–Kier alpha value is -0.160. The zero-order valence-electron chi connectivity index (χ0n) is 12.9. The number of hydrogen-bond acceptors (Lipinski definition) is 4. The molecule has 0 aliphatic heterocycles. The number of ether oxygens (including phenoxy) is 1. The van der Waals surface area contributed by atoms with Crippen molar-refractivity contribution in [1.82, 2.24) is 9.88 Å². The van der Waals surface area contributed by atoms with Gasteiger partial charge in [0.1, 0.15) is 0 Å². The van der Waals surface area contributed by atoms with Crippen LogP contribution in [0.25, 0.3) is 0 Å². The summed E-state index contributed by atoms with van der Waals surface area (Å²) in [6, 6.07) is 0. The lowest BCUT2D eigenvalue weighted by molar-refractivity contribution is 0.139. The lowest BCUT2D eigenvalue weighted by atomic mass is 10.2. The van der Waals surface area contributed by atoms with Crippen LogP contribution in [0.3, 0.4) is 0 Å². The monoisotopic (exact) mass is 318 g/mol. The van der Waals surface area contributed by atoms with Crippen molar-refractivity contribution in [2.75, 3.05) is 33.4 Å². The second-order valence-electron chi connectivity index (χ2n) is 5.51. The van der Waals surface area contributed by atoms with Crippen molar-refractivity contribution in [3.63, 3.8) is 0 Å². The number of alkyl halides is 1. The molecule has 1 aromatic heterocycles. The van der Waals surface area contributed by atoms with E-state index in [2.05, 4.69) is 29.1 Å². The van der Waals surface area contributed by atoms with E-state index in [1.54, 1.807) is 18.4 Å². The largest absolute Gasteiger partial charge is 0.383 e. The second kappa shape index (κ2) is 10.6. The molecule has 20 heavy (non-hydrogen) atoms. The lowest BCUT2D eigenvalue weighted by Gasteiger charge is -2.23. The molecule has 0 N–H and O–H groups in total. The smallest absolute Gasteiger partial charge is 0.0928 e. The van der Waals surface area contributed by atoms with Gasteiger partial charge >= 0.3 is 0 Å². The average molecular weight is 319 g/mol. The molecule has 0 aliphatic carbocycles. The summed E-state index contributed by atoms with van der Waals surface area (Å²) in [5.74, 6) is 1.23. The van der Waals surface area contributed by atoms with E-state index in [-0.39, 0.29) is 0 Å². The van der Waals surface area contributed by atoms with Gasteiger partial charge in [-0.3, -0.25) is 0 Å². The van der Waals surface area contributed by atoms with E-state index >= 15 is 0 Å². The van der Waals surface area contributed by atoms with E-state index in [4.69, 9.17) is 16.3 Å². The predicted molar refractivity (Wildman–Crippen MR) is 87.8 cm³/mol. The molecule has 0 bridgehead atoms. The Labute approximate surface area is 132 Å². The highest BCUT2D eigenvalue weighted by Crippen LogP contribution is 2.14.